The number of nitrogens with one attached hydrogen (secondary N) is 2. The molecule has 0 amide bonds. The third-order valence-corrected chi connectivity index (χ3v) is 5.43. The van der Waals surface area contributed by atoms with E-state index in [9.17, 15) is 8.42 Å². The lowest BCUT2D eigenvalue weighted by Crippen LogP contribution is -2.31. The van der Waals surface area contributed by atoms with Crippen LogP contribution < -0.4 is 10.0 Å². The first-order chi connectivity index (χ1) is 10.0. The summed E-state index contributed by atoms with van der Waals surface area (Å²) in [5.41, 5.74) is 0.741. The number of benzene rings is 1. The van der Waals surface area contributed by atoms with Gasteiger partial charge in [0.1, 0.15) is 4.90 Å². The number of para-hydroxylation sites is 1. The third-order valence-electron chi connectivity index (χ3n) is 3.97. The van der Waals surface area contributed by atoms with Gasteiger partial charge in [-0.2, -0.15) is 0 Å². The van der Waals surface area contributed by atoms with E-state index < -0.39 is 10.0 Å². The van der Waals surface area contributed by atoms with Crippen LogP contribution in [0.4, 0.5) is 5.69 Å². The molecule has 1 aromatic carbocycles. The van der Waals surface area contributed by atoms with Crippen molar-refractivity contribution in [2.45, 2.75) is 31.1 Å². The van der Waals surface area contributed by atoms with Crippen LogP contribution in [0.5, 0.6) is 0 Å². The molecule has 1 fully saturated rings. The van der Waals surface area contributed by atoms with E-state index in [2.05, 4.69) is 10.0 Å². The molecule has 1 saturated carbocycles. The molecule has 2 N–H and O–H groups in total. The van der Waals surface area contributed by atoms with Crippen molar-refractivity contribution in [2.75, 3.05) is 32.1 Å². The highest BCUT2D eigenvalue weighted by molar-refractivity contribution is 7.89. The smallest absolute Gasteiger partial charge is 0.242 e. The molecule has 0 saturated heterocycles. The number of hydrogen-bond donors (Lipinski definition) is 2. The average molecular weight is 312 g/mol. The van der Waals surface area contributed by atoms with E-state index in [0.717, 1.165) is 19.3 Å². The SMILES string of the molecule is CCNc1ccccc1S(=O)(=O)NCC1(CCOC)CC1. The molecule has 1 aromatic rings. The summed E-state index contributed by atoms with van der Waals surface area (Å²) in [6.07, 6.45) is 3.03. The summed E-state index contributed by atoms with van der Waals surface area (Å²) in [4.78, 5) is 0.314. The maximum absolute atomic E-state index is 12.5. The van der Waals surface area contributed by atoms with E-state index >= 15 is 0 Å². The number of methoxy groups -OCH3 is 1. The van der Waals surface area contributed by atoms with Gasteiger partial charge in [0.05, 0.1) is 5.69 Å². The Balaban J connectivity index is 2.05. The first kappa shape index (κ1) is 16.3. The second-order valence-corrected chi connectivity index (χ2v) is 7.33. The van der Waals surface area contributed by atoms with E-state index in [0.29, 0.717) is 30.3 Å². The fourth-order valence-electron chi connectivity index (χ4n) is 2.37. The molecule has 0 aliphatic heterocycles. The molecule has 0 radical (unpaired) electrons. The Labute approximate surface area is 127 Å². The fraction of sp³-hybridized carbons (Fsp3) is 0.600. The molecule has 0 atom stereocenters. The minimum absolute atomic E-state index is 0.0935. The molecule has 6 heteroatoms. The van der Waals surface area contributed by atoms with Gasteiger partial charge in [-0.3, -0.25) is 0 Å². The van der Waals surface area contributed by atoms with Crippen molar-refractivity contribution in [1.29, 1.82) is 0 Å². The molecule has 2 rings (SSSR count). The number of sulfonamides is 1. The molecule has 0 aromatic heterocycles. The zero-order chi connectivity index (χ0) is 15.3. The van der Waals surface area contributed by atoms with Crippen molar-refractivity contribution in [3.8, 4) is 0 Å². The molecule has 118 valence electrons. The minimum atomic E-state index is -3.48. The minimum Gasteiger partial charge on any atom is -0.385 e. The molecule has 1 aliphatic carbocycles. The van der Waals surface area contributed by atoms with E-state index in [1.165, 1.54) is 0 Å². The van der Waals surface area contributed by atoms with Crippen LogP contribution in [-0.4, -0.2) is 35.2 Å². The third kappa shape index (κ3) is 4.18. The van der Waals surface area contributed by atoms with Crippen molar-refractivity contribution in [3.63, 3.8) is 0 Å². The summed E-state index contributed by atoms with van der Waals surface area (Å²) < 4.78 is 32.8. The first-order valence-corrected chi connectivity index (χ1v) is 8.83. The highest BCUT2D eigenvalue weighted by Crippen LogP contribution is 2.48. The van der Waals surface area contributed by atoms with Crippen LogP contribution in [0.2, 0.25) is 0 Å². The fourth-order valence-corrected chi connectivity index (χ4v) is 3.71. The molecule has 0 heterocycles. The molecule has 0 bridgehead atoms. The average Bonchev–Trinajstić information content (AvgIpc) is 3.25. The van der Waals surface area contributed by atoms with Crippen molar-refractivity contribution in [2.24, 2.45) is 5.41 Å². The molecule has 0 unspecified atom stereocenters. The van der Waals surface area contributed by atoms with Gasteiger partial charge in [-0.05, 0) is 43.7 Å². The second kappa shape index (κ2) is 6.77. The number of hydrogen-bond acceptors (Lipinski definition) is 4. The number of rotatable bonds is 9. The van der Waals surface area contributed by atoms with Crippen molar-refractivity contribution < 1.29 is 13.2 Å². The van der Waals surface area contributed by atoms with E-state index in [1.54, 1.807) is 25.3 Å². The van der Waals surface area contributed by atoms with E-state index in [4.69, 9.17) is 4.74 Å². The monoisotopic (exact) mass is 312 g/mol. The maximum atomic E-state index is 12.5. The van der Waals surface area contributed by atoms with E-state index in [1.807, 2.05) is 13.0 Å². The highest BCUT2D eigenvalue weighted by Gasteiger charge is 2.42. The van der Waals surface area contributed by atoms with Crippen molar-refractivity contribution in [3.05, 3.63) is 24.3 Å². The highest BCUT2D eigenvalue weighted by atomic mass is 32.2. The van der Waals surface area contributed by atoms with Crippen LogP contribution in [0, 0.1) is 5.41 Å². The van der Waals surface area contributed by atoms with E-state index in [-0.39, 0.29) is 5.41 Å². The van der Waals surface area contributed by atoms with Gasteiger partial charge in [0.15, 0.2) is 0 Å². The Kier molecular flexibility index (Phi) is 5.24. The molecule has 1 aliphatic rings. The number of ether oxygens (including phenoxy) is 1. The van der Waals surface area contributed by atoms with Gasteiger partial charge < -0.3 is 10.1 Å². The van der Waals surface area contributed by atoms with Gasteiger partial charge >= 0.3 is 0 Å². The summed E-state index contributed by atoms with van der Waals surface area (Å²) >= 11 is 0. The Morgan fingerprint density at radius 3 is 2.62 bits per heavy atom. The van der Waals surface area contributed by atoms with Crippen LogP contribution in [0.3, 0.4) is 0 Å². The zero-order valence-corrected chi connectivity index (χ0v) is 13.5. The molecule has 0 spiro atoms. The quantitative estimate of drug-likeness (QED) is 0.733. The van der Waals surface area contributed by atoms with Gasteiger partial charge in [0, 0.05) is 26.8 Å². The molecule has 21 heavy (non-hydrogen) atoms. The molecule has 5 nitrogen and oxygen atoms in total. The molecular weight excluding hydrogens is 288 g/mol. The maximum Gasteiger partial charge on any atom is 0.242 e. The first-order valence-electron chi connectivity index (χ1n) is 7.34. The van der Waals surface area contributed by atoms with Gasteiger partial charge in [-0.25, -0.2) is 13.1 Å². The van der Waals surface area contributed by atoms with Crippen molar-refractivity contribution in [1.82, 2.24) is 4.72 Å². The summed E-state index contributed by atoms with van der Waals surface area (Å²) in [7, 11) is -1.81. The largest absolute Gasteiger partial charge is 0.385 e. The normalized spacial score (nSPS) is 16.7. The molecular formula is C15H24N2O3S. The standard InChI is InChI=1S/C15H24N2O3S/c1-3-16-13-6-4-5-7-14(13)21(18,19)17-12-15(8-9-15)10-11-20-2/h4-7,16-17H,3,8-12H2,1-2H3. The Morgan fingerprint density at radius 2 is 2.00 bits per heavy atom. The summed E-state index contributed by atoms with van der Waals surface area (Å²) in [5.74, 6) is 0. The lowest BCUT2D eigenvalue weighted by molar-refractivity contribution is 0.173. The Hall–Kier alpha value is -1.11. The van der Waals surface area contributed by atoms with Gasteiger partial charge in [0.2, 0.25) is 10.0 Å². The Bertz CT molecular complexity index is 568. The van der Waals surface area contributed by atoms with Crippen LogP contribution in [0.15, 0.2) is 29.2 Å². The second-order valence-electron chi connectivity index (χ2n) is 5.59. The van der Waals surface area contributed by atoms with Crippen LogP contribution in [0.1, 0.15) is 26.2 Å². The van der Waals surface area contributed by atoms with Gasteiger partial charge in [-0.15, -0.1) is 0 Å². The summed E-state index contributed by atoms with van der Waals surface area (Å²) in [6, 6.07) is 7.00. The lowest BCUT2D eigenvalue weighted by Gasteiger charge is -2.17. The predicted molar refractivity (Wildman–Crippen MR) is 84.0 cm³/mol. The van der Waals surface area contributed by atoms with Crippen LogP contribution in [-0.2, 0) is 14.8 Å². The predicted octanol–water partition coefficient (Wildman–Crippen LogP) is 2.21. The summed E-state index contributed by atoms with van der Waals surface area (Å²) in [6.45, 7) is 3.79. The van der Waals surface area contributed by atoms with Crippen LogP contribution in [0.25, 0.3) is 0 Å². The van der Waals surface area contributed by atoms with Crippen molar-refractivity contribution >= 4 is 15.7 Å². The van der Waals surface area contributed by atoms with Crippen LogP contribution >= 0.6 is 0 Å². The summed E-state index contributed by atoms with van der Waals surface area (Å²) in [5, 5.41) is 3.09. The Morgan fingerprint density at radius 1 is 1.29 bits per heavy atom. The number of anilines is 1. The lowest BCUT2D eigenvalue weighted by atomic mass is 10.0. The topological polar surface area (TPSA) is 67.4 Å². The zero-order valence-electron chi connectivity index (χ0n) is 12.7. The van der Waals surface area contributed by atoms with Gasteiger partial charge in [0.25, 0.3) is 0 Å². The van der Waals surface area contributed by atoms with Gasteiger partial charge in [-0.1, -0.05) is 12.1 Å².